The minimum atomic E-state index is -0.654. The third kappa shape index (κ3) is 8.20. The lowest BCUT2D eigenvalue weighted by atomic mass is 9.67. The molecule has 0 radical (unpaired) electrons. The summed E-state index contributed by atoms with van der Waals surface area (Å²) in [5.74, 6) is 0.868. The molecule has 1 aliphatic carbocycles. The fourth-order valence-corrected chi connectivity index (χ4v) is 7.13. The number of rotatable bonds is 10. The van der Waals surface area contributed by atoms with Crippen LogP contribution in [0.15, 0.2) is 48.5 Å². The molecular weight excluding hydrogens is 524 g/mol. The van der Waals surface area contributed by atoms with E-state index in [1.165, 1.54) is 30.9 Å². The maximum absolute atomic E-state index is 14.0. The molecule has 42 heavy (non-hydrogen) atoms. The standard InChI is InChI=1S/C35H50N4O3/c1-4-25(2)23-35(29-15-6-5-7-16-29)19-10-14-28(22-27-12-8-13-27)26(3)34(42)39(21-11-20-35)24-32(40)38-31-18-9-17-30(37-31)33(36)41/h5-7,9,15-18,25-28H,4,8,10-14,19-24H2,1-3H3,(H2,36,41)(H,37,38,40)/t25?,26?,28?,35-/m0/s1. The Balaban J connectivity index is 1.59. The summed E-state index contributed by atoms with van der Waals surface area (Å²) >= 11 is 0. The Hall–Kier alpha value is -3.22. The summed E-state index contributed by atoms with van der Waals surface area (Å²) in [6.45, 7) is 7.22. The Morgan fingerprint density at radius 1 is 1.05 bits per heavy atom. The number of aromatic nitrogens is 1. The van der Waals surface area contributed by atoms with Gasteiger partial charge in [0.25, 0.3) is 5.91 Å². The van der Waals surface area contributed by atoms with Gasteiger partial charge < -0.3 is 16.0 Å². The van der Waals surface area contributed by atoms with Gasteiger partial charge in [0.1, 0.15) is 11.5 Å². The lowest BCUT2D eigenvalue weighted by Gasteiger charge is -2.38. The number of carbonyl (C=O) groups excluding carboxylic acids is 3. The minimum absolute atomic E-state index is 0.0362. The van der Waals surface area contributed by atoms with E-state index in [1.54, 1.807) is 17.0 Å². The number of nitrogens with zero attached hydrogens (tertiary/aromatic N) is 2. The summed E-state index contributed by atoms with van der Waals surface area (Å²) in [7, 11) is 0. The van der Waals surface area contributed by atoms with Crippen molar-refractivity contribution in [3.8, 4) is 0 Å². The molecule has 4 atom stereocenters. The number of carbonyl (C=O) groups is 3. The normalized spacial score (nSPS) is 24.7. The molecule has 1 saturated heterocycles. The zero-order chi connectivity index (χ0) is 30.1. The Bertz CT molecular complexity index is 1200. The average Bonchev–Trinajstić information content (AvgIpc) is 2.98. The van der Waals surface area contributed by atoms with Crippen LogP contribution in [0.25, 0.3) is 0 Å². The third-order valence-corrected chi connectivity index (χ3v) is 10.0. The van der Waals surface area contributed by atoms with Gasteiger partial charge in [0, 0.05) is 12.5 Å². The maximum atomic E-state index is 14.0. The number of benzene rings is 1. The van der Waals surface area contributed by atoms with Crippen molar-refractivity contribution >= 4 is 23.5 Å². The predicted molar refractivity (Wildman–Crippen MR) is 168 cm³/mol. The van der Waals surface area contributed by atoms with E-state index >= 15 is 0 Å². The monoisotopic (exact) mass is 574 g/mol. The zero-order valence-electron chi connectivity index (χ0n) is 25.8. The molecule has 2 heterocycles. The first-order valence-electron chi connectivity index (χ1n) is 16.1. The highest BCUT2D eigenvalue weighted by molar-refractivity contribution is 5.95. The summed E-state index contributed by atoms with van der Waals surface area (Å²) in [4.78, 5) is 44.7. The third-order valence-electron chi connectivity index (χ3n) is 10.0. The molecule has 4 rings (SSSR count). The Morgan fingerprint density at radius 2 is 1.79 bits per heavy atom. The molecule has 3 unspecified atom stereocenters. The average molecular weight is 575 g/mol. The molecule has 7 heteroatoms. The van der Waals surface area contributed by atoms with Crippen molar-refractivity contribution in [2.75, 3.05) is 18.4 Å². The van der Waals surface area contributed by atoms with E-state index in [0.717, 1.165) is 57.3 Å². The molecule has 1 aromatic heterocycles. The van der Waals surface area contributed by atoms with Gasteiger partial charge in [-0.3, -0.25) is 14.4 Å². The van der Waals surface area contributed by atoms with E-state index in [2.05, 4.69) is 61.4 Å². The topological polar surface area (TPSA) is 105 Å². The maximum Gasteiger partial charge on any atom is 0.267 e. The van der Waals surface area contributed by atoms with Crippen LogP contribution < -0.4 is 11.1 Å². The van der Waals surface area contributed by atoms with Crippen molar-refractivity contribution in [3.05, 3.63) is 59.8 Å². The van der Waals surface area contributed by atoms with E-state index in [1.807, 2.05) is 0 Å². The molecular formula is C35H50N4O3. The Labute approximate surface area is 252 Å². The van der Waals surface area contributed by atoms with Gasteiger partial charge in [-0.05, 0) is 79.4 Å². The number of primary amides is 1. The van der Waals surface area contributed by atoms with E-state index in [-0.39, 0.29) is 41.2 Å². The first-order chi connectivity index (χ1) is 20.2. The van der Waals surface area contributed by atoms with Crippen molar-refractivity contribution < 1.29 is 14.4 Å². The van der Waals surface area contributed by atoms with Crippen LogP contribution in [0.5, 0.6) is 0 Å². The van der Waals surface area contributed by atoms with Gasteiger partial charge in [0.05, 0.1) is 6.54 Å². The molecule has 7 nitrogen and oxygen atoms in total. The van der Waals surface area contributed by atoms with Gasteiger partial charge in [0.15, 0.2) is 0 Å². The van der Waals surface area contributed by atoms with Gasteiger partial charge in [0.2, 0.25) is 11.8 Å². The van der Waals surface area contributed by atoms with Crippen molar-refractivity contribution in [2.24, 2.45) is 29.4 Å². The number of amides is 3. The highest BCUT2D eigenvalue weighted by Crippen LogP contribution is 2.44. The summed E-state index contributed by atoms with van der Waals surface area (Å²) in [5, 5.41) is 2.78. The van der Waals surface area contributed by atoms with Crippen molar-refractivity contribution in [1.29, 1.82) is 0 Å². The first-order valence-corrected chi connectivity index (χ1v) is 16.1. The summed E-state index contributed by atoms with van der Waals surface area (Å²) in [6.07, 6.45) is 12.3. The van der Waals surface area contributed by atoms with Crippen molar-refractivity contribution in [3.63, 3.8) is 0 Å². The van der Waals surface area contributed by atoms with Crippen LogP contribution in [0.4, 0.5) is 5.82 Å². The summed E-state index contributed by atoms with van der Waals surface area (Å²) in [6, 6.07) is 15.8. The number of hydrogen-bond donors (Lipinski definition) is 2. The Kier molecular flexibility index (Phi) is 11.2. The first kappa shape index (κ1) is 31.7. The highest BCUT2D eigenvalue weighted by Gasteiger charge is 2.37. The van der Waals surface area contributed by atoms with Crippen LogP contribution in [-0.4, -0.2) is 40.7 Å². The molecule has 3 N–H and O–H groups in total. The number of pyridine rings is 1. The second-order valence-corrected chi connectivity index (χ2v) is 13.0. The molecule has 2 fully saturated rings. The number of hydrogen-bond acceptors (Lipinski definition) is 4. The van der Waals surface area contributed by atoms with E-state index < -0.39 is 5.91 Å². The van der Waals surface area contributed by atoms with Crippen LogP contribution in [0.1, 0.15) is 107 Å². The fourth-order valence-electron chi connectivity index (χ4n) is 7.13. The van der Waals surface area contributed by atoms with Gasteiger partial charge >= 0.3 is 0 Å². The summed E-state index contributed by atoms with van der Waals surface area (Å²) in [5.41, 5.74) is 6.92. The largest absolute Gasteiger partial charge is 0.364 e. The molecule has 0 spiro atoms. The molecule has 3 amide bonds. The molecule has 2 aromatic rings. The Morgan fingerprint density at radius 3 is 2.45 bits per heavy atom. The number of nitrogens with one attached hydrogen (secondary N) is 1. The second kappa shape index (κ2) is 14.8. The van der Waals surface area contributed by atoms with E-state index in [9.17, 15) is 14.4 Å². The van der Waals surface area contributed by atoms with Gasteiger partial charge in [-0.2, -0.15) is 0 Å². The van der Waals surface area contributed by atoms with Crippen LogP contribution in [-0.2, 0) is 15.0 Å². The van der Waals surface area contributed by atoms with Crippen LogP contribution in [0.2, 0.25) is 0 Å². The lowest BCUT2D eigenvalue weighted by Crippen LogP contribution is -2.43. The predicted octanol–water partition coefficient (Wildman–Crippen LogP) is 6.73. The van der Waals surface area contributed by atoms with Gasteiger partial charge in [-0.15, -0.1) is 0 Å². The smallest absolute Gasteiger partial charge is 0.267 e. The lowest BCUT2D eigenvalue weighted by molar-refractivity contribution is -0.140. The SMILES string of the molecule is CCC(C)C[C@]1(c2ccccc2)CCCC(CC2CCC2)C(C)C(=O)N(CC(=O)Nc2cccc(C(N)=O)n2)CCC1. The molecule has 0 bridgehead atoms. The molecule has 2 aliphatic rings. The van der Waals surface area contributed by atoms with Crippen molar-refractivity contribution in [2.45, 2.75) is 96.8 Å². The minimum Gasteiger partial charge on any atom is -0.364 e. The second-order valence-electron chi connectivity index (χ2n) is 13.0. The fraction of sp³-hybridized carbons (Fsp3) is 0.600. The molecule has 1 aliphatic heterocycles. The van der Waals surface area contributed by atoms with E-state index in [0.29, 0.717) is 18.4 Å². The van der Waals surface area contributed by atoms with Crippen LogP contribution >= 0.6 is 0 Å². The van der Waals surface area contributed by atoms with Crippen LogP contribution in [0, 0.1) is 23.7 Å². The quantitative estimate of drug-likeness (QED) is 0.328. The van der Waals surface area contributed by atoms with Crippen molar-refractivity contribution in [1.82, 2.24) is 9.88 Å². The highest BCUT2D eigenvalue weighted by atomic mass is 16.2. The molecule has 1 aromatic carbocycles. The summed E-state index contributed by atoms with van der Waals surface area (Å²) < 4.78 is 0. The molecule has 228 valence electrons. The zero-order valence-corrected chi connectivity index (χ0v) is 25.8. The number of nitrogens with two attached hydrogens (primary N) is 1. The number of anilines is 1. The molecule has 1 saturated carbocycles. The van der Waals surface area contributed by atoms with Gasteiger partial charge in [-0.1, -0.05) is 89.3 Å². The van der Waals surface area contributed by atoms with Crippen LogP contribution in [0.3, 0.4) is 0 Å². The van der Waals surface area contributed by atoms with Gasteiger partial charge in [-0.25, -0.2) is 4.98 Å². The van der Waals surface area contributed by atoms with E-state index in [4.69, 9.17) is 5.73 Å².